The van der Waals surface area contributed by atoms with Crippen LogP contribution in [0.5, 0.6) is 0 Å². The molecule has 3 aromatic rings. The van der Waals surface area contributed by atoms with Crippen LogP contribution in [-0.2, 0) is 22.6 Å². The van der Waals surface area contributed by atoms with E-state index in [4.69, 9.17) is 9.73 Å². The SMILES string of the molecule is CCN1C(=O)C(=Cc2ccc(N(Cc3ccccc3)Cc3ccccc3)cc2)OC1=NC1CCCCCCC1. The van der Waals surface area contributed by atoms with Gasteiger partial charge in [-0.2, -0.15) is 0 Å². The molecule has 5 nitrogen and oxygen atoms in total. The van der Waals surface area contributed by atoms with E-state index >= 15 is 0 Å². The highest BCUT2D eigenvalue weighted by Crippen LogP contribution is 2.26. The van der Waals surface area contributed by atoms with Gasteiger partial charge in [0, 0.05) is 25.3 Å². The molecule has 3 aromatic carbocycles. The Morgan fingerprint density at radius 3 is 1.95 bits per heavy atom. The minimum absolute atomic E-state index is 0.110. The van der Waals surface area contributed by atoms with Crippen LogP contribution >= 0.6 is 0 Å². The van der Waals surface area contributed by atoms with Crippen LogP contribution in [0.15, 0.2) is 95.7 Å². The van der Waals surface area contributed by atoms with Crippen molar-refractivity contribution in [3.63, 3.8) is 0 Å². The Morgan fingerprint density at radius 2 is 1.38 bits per heavy atom. The highest BCUT2D eigenvalue weighted by molar-refractivity contribution is 6.11. The number of rotatable bonds is 8. The van der Waals surface area contributed by atoms with E-state index in [2.05, 4.69) is 77.7 Å². The van der Waals surface area contributed by atoms with E-state index in [-0.39, 0.29) is 11.9 Å². The number of hydrogen-bond acceptors (Lipinski definition) is 4. The number of ether oxygens (including phenoxy) is 1. The van der Waals surface area contributed by atoms with Crippen LogP contribution in [-0.4, -0.2) is 29.4 Å². The Morgan fingerprint density at radius 1 is 0.821 bits per heavy atom. The Bertz CT molecular complexity index is 1220. The molecule has 39 heavy (non-hydrogen) atoms. The fourth-order valence-electron chi connectivity index (χ4n) is 5.38. The smallest absolute Gasteiger partial charge is 0.300 e. The second kappa shape index (κ2) is 13.3. The maximum atomic E-state index is 13.1. The van der Waals surface area contributed by atoms with E-state index < -0.39 is 0 Å². The van der Waals surface area contributed by atoms with Crippen LogP contribution in [0.25, 0.3) is 6.08 Å². The zero-order chi connectivity index (χ0) is 26.9. The van der Waals surface area contributed by atoms with Crippen molar-refractivity contribution >= 4 is 23.7 Å². The van der Waals surface area contributed by atoms with Crippen LogP contribution in [0.2, 0.25) is 0 Å². The summed E-state index contributed by atoms with van der Waals surface area (Å²) in [5.41, 5.74) is 4.59. The molecule has 2 fully saturated rings. The van der Waals surface area contributed by atoms with Crippen molar-refractivity contribution in [3.05, 3.63) is 107 Å². The number of anilines is 1. The van der Waals surface area contributed by atoms with E-state index in [1.54, 1.807) is 4.90 Å². The third-order valence-electron chi connectivity index (χ3n) is 7.56. The molecule has 5 rings (SSSR count). The highest BCUT2D eigenvalue weighted by Gasteiger charge is 2.34. The van der Waals surface area contributed by atoms with Gasteiger partial charge < -0.3 is 9.64 Å². The molecule has 0 atom stereocenters. The molecule has 5 heteroatoms. The number of amidine groups is 1. The number of nitrogens with zero attached hydrogens (tertiary/aromatic N) is 3. The Hall–Kier alpha value is -3.86. The highest BCUT2D eigenvalue weighted by atomic mass is 16.5. The van der Waals surface area contributed by atoms with Crippen molar-refractivity contribution < 1.29 is 9.53 Å². The molecule has 1 aliphatic carbocycles. The minimum atomic E-state index is -0.110. The summed E-state index contributed by atoms with van der Waals surface area (Å²) in [5, 5.41) is 0. The van der Waals surface area contributed by atoms with Crippen LogP contribution < -0.4 is 4.90 Å². The predicted molar refractivity (Wildman–Crippen MR) is 159 cm³/mol. The molecular weight excluding hydrogens is 482 g/mol. The fraction of sp³-hybridized carbons (Fsp3) is 0.353. The van der Waals surface area contributed by atoms with E-state index in [1.165, 1.54) is 43.2 Å². The van der Waals surface area contributed by atoms with Crippen molar-refractivity contribution in [2.24, 2.45) is 4.99 Å². The van der Waals surface area contributed by atoms with Gasteiger partial charge in [-0.3, -0.25) is 9.69 Å². The third-order valence-corrected chi connectivity index (χ3v) is 7.56. The first-order valence-corrected chi connectivity index (χ1v) is 14.4. The Labute approximate surface area is 232 Å². The lowest BCUT2D eigenvalue weighted by Crippen LogP contribution is -2.30. The first kappa shape index (κ1) is 26.7. The third kappa shape index (κ3) is 7.17. The average molecular weight is 522 g/mol. The van der Waals surface area contributed by atoms with Gasteiger partial charge >= 0.3 is 6.02 Å². The van der Waals surface area contributed by atoms with E-state index in [1.807, 2.05) is 25.1 Å². The van der Waals surface area contributed by atoms with E-state index in [9.17, 15) is 4.79 Å². The Balaban J connectivity index is 1.33. The molecule has 0 unspecified atom stereocenters. The van der Waals surface area contributed by atoms with Gasteiger partial charge in [0.05, 0.1) is 6.04 Å². The second-order valence-corrected chi connectivity index (χ2v) is 10.5. The summed E-state index contributed by atoms with van der Waals surface area (Å²) in [6.07, 6.45) is 10.2. The minimum Gasteiger partial charge on any atom is -0.420 e. The first-order valence-electron chi connectivity index (χ1n) is 14.4. The zero-order valence-corrected chi connectivity index (χ0v) is 23.0. The molecule has 202 valence electrons. The van der Waals surface area contributed by atoms with Gasteiger partial charge in [0.25, 0.3) is 5.91 Å². The molecular formula is C34H39N3O2. The number of carbonyl (C=O) groups excluding carboxylic acids is 1. The number of carbonyl (C=O) groups is 1. The van der Waals surface area contributed by atoms with Crippen LogP contribution in [0.1, 0.15) is 68.6 Å². The quantitative estimate of drug-likeness (QED) is 0.287. The molecule has 1 saturated carbocycles. The monoisotopic (exact) mass is 521 g/mol. The topological polar surface area (TPSA) is 45.1 Å². The van der Waals surface area contributed by atoms with Gasteiger partial charge in [0.1, 0.15) is 0 Å². The Kier molecular flexibility index (Phi) is 9.10. The summed E-state index contributed by atoms with van der Waals surface area (Å²) < 4.78 is 6.07. The molecule has 1 saturated heterocycles. The fourth-order valence-corrected chi connectivity index (χ4v) is 5.38. The standard InChI is InChI=1S/C34H39N3O2/c1-2-37-33(38)32(39-34(37)35-30-18-12-4-3-5-13-19-30)24-27-20-22-31(23-21-27)36(25-28-14-8-6-9-15-28)26-29-16-10-7-11-17-29/h6-11,14-17,20-24,30H,2-5,12-13,18-19,25-26H2,1H3. The first-order chi connectivity index (χ1) is 19.2. The number of benzene rings is 3. The van der Waals surface area contributed by atoms with Crippen LogP contribution in [0, 0.1) is 0 Å². The molecule has 1 heterocycles. The maximum Gasteiger partial charge on any atom is 0.300 e. The van der Waals surface area contributed by atoms with Crippen molar-refractivity contribution in [2.75, 3.05) is 11.4 Å². The van der Waals surface area contributed by atoms with Gasteiger partial charge in [-0.1, -0.05) is 105 Å². The summed E-state index contributed by atoms with van der Waals surface area (Å²) in [5.74, 6) is 0.237. The zero-order valence-electron chi connectivity index (χ0n) is 23.0. The number of amides is 1. The van der Waals surface area contributed by atoms with Gasteiger partial charge in [0.2, 0.25) is 0 Å². The molecule has 2 aliphatic rings. The largest absolute Gasteiger partial charge is 0.420 e. The molecule has 0 N–H and O–H groups in total. The van der Waals surface area contributed by atoms with Gasteiger partial charge in [-0.25, -0.2) is 4.99 Å². The molecule has 0 aromatic heterocycles. The number of likely N-dealkylation sites (N-methyl/N-ethyl adjacent to an activating group) is 1. The lowest BCUT2D eigenvalue weighted by atomic mass is 9.97. The summed E-state index contributed by atoms with van der Waals surface area (Å²) in [6, 6.07) is 30.1. The number of hydrogen-bond donors (Lipinski definition) is 0. The van der Waals surface area contributed by atoms with Gasteiger partial charge in [-0.05, 0) is 54.7 Å². The van der Waals surface area contributed by atoms with Gasteiger partial charge in [0.15, 0.2) is 5.76 Å². The van der Waals surface area contributed by atoms with Crippen molar-refractivity contribution in [3.8, 4) is 0 Å². The molecule has 1 amide bonds. The number of aliphatic imine (C=N–C) groups is 1. The van der Waals surface area contributed by atoms with Gasteiger partial charge in [-0.15, -0.1) is 0 Å². The summed E-state index contributed by atoms with van der Waals surface area (Å²) >= 11 is 0. The predicted octanol–water partition coefficient (Wildman–Crippen LogP) is 7.58. The summed E-state index contributed by atoms with van der Waals surface area (Å²) in [4.78, 5) is 22.1. The average Bonchev–Trinajstić information content (AvgIpc) is 3.24. The van der Waals surface area contributed by atoms with Crippen molar-refractivity contribution in [2.45, 2.75) is 71.0 Å². The lowest BCUT2D eigenvalue weighted by Gasteiger charge is -2.25. The summed E-state index contributed by atoms with van der Waals surface area (Å²) in [6.45, 7) is 4.14. The molecule has 0 radical (unpaired) electrons. The van der Waals surface area contributed by atoms with Crippen LogP contribution in [0.3, 0.4) is 0 Å². The normalized spacial score (nSPS) is 18.7. The molecule has 0 bridgehead atoms. The van der Waals surface area contributed by atoms with Crippen molar-refractivity contribution in [1.82, 2.24) is 4.90 Å². The van der Waals surface area contributed by atoms with Crippen molar-refractivity contribution in [1.29, 1.82) is 0 Å². The van der Waals surface area contributed by atoms with E-state index in [0.29, 0.717) is 18.3 Å². The van der Waals surface area contributed by atoms with E-state index in [0.717, 1.165) is 37.2 Å². The lowest BCUT2D eigenvalue weighted by molar-refractivity contribution is -0.122. The van der Waals surface area contributed by atoms with Crippen LogP contribution in [0.4, 0.5) is 5.69 Å². The molecule has 0 spiro atoms. The second-order valence-electron chi connectivity index (χ2n) is 10.5. The summed E-state index contributed by atoms with van der Waals surface area (Å²) in [7, 11) is 0. The maximum absolute atomic E-state index is 13.1. The molecule has 1 aliphatic heterocycles.